The molecule has 27 heavy (non-hydrogen) atoms. The van der Waals surface area contributed by atoms with Crippen molar-refractivity contribution in [1.82, 2.24) is 10.6 Å². The highest BCUT2D eigenvalue weighted by atomic mass is 35.5. The minimum atomic E-state index is -1.03. The Labute approximate surface area is 167 Å². The molecule has 1 aliphatic rings. The van der Waals surface area contributed by atoms with Crippen molar-refractivity contribution < 1.29 is 24.5 Å². The van der Waals surface area contributed by atoms with Crippen molar-refractivity contribution in [3.63, 3.8) is 0 Å². The zero-order valence-corrected chi connectivity index (χ0v) is 16.7. The molecule has 1 unspecified atom stereocenters. The Morgan fingerprint density at radius 3 is 2.56 bits per heavy atom. The second-order valence-electron chi connectivity index (χ2n) is 6.44. The molecule has 2 amide bonds. The molecule has 1 aromatic carbocycles. The molecule has 0 fully saturated rings. The SMILES string of the molecule is CCCCC1=C(C(=O)OC(C)C)C(c2cc(Cl)c(O)c(Cl)c2O)NC(=O)N1. The van der Waals surface area contributed by atoms with Crippen molar-refractivity contribution in [2.24, 2.45) is 0 Å². The van der Waals surface area contributed by atoms with E-state index in [4.69, 9.17) is 27.9 Å². The van der Waals surface area contributed by atoms with Crippen LogP contribution in [0.4, 0.5) is 4.79 Å². The Morgan fingerprint density at radius 1 is 1.30 bits per heavy atom. The second-order valence-corrected chi connectivity index (χ2v) is 7.23. The standard InChI is InChI=1S/C18H22Cl2N2O5/c1-4-5-6-11-12(17(25)27-8(2)3)14(22-18(26)21-11)9-7-10(19)16(24)13(20)15(9)23/h7-8,14,23-24H,4-6H2,1-3H3,(H2,21,22,26). The van der Waals surface area contributed by atoms with Gasteiger partial charge in [-0.25, -0.2) is 9.59 Å². The Hall–Kier alpha value is -2.12. The molecule has 9 heteroatoms. The molecule has 0 aromatic heterocycles. The lowest BCUT2D eigenvalue weighted by molar-refractivity contribution is -0.143. The van der Waals surface area contributed by atoms with Crippen LogP contribution in [0.2, 0.25) is 10.0 Å². The lowest BCUT2D eigenvalue weighted by Gasteiger charge is -2.30. The lowest BCUT2D eigenvalue weighted by atomic mass is 9.92. The predicted molar refractivity (Wildman–Crippen MR) is 102 cm³/mol. The molecule has 148 valence electrons. The highest BCUT2D eigenvalue weighted by Crippen LogP contribution is 2.45. The maximum absolute atomic E-state index is 12.8. The molecule has 0 radical (unpaired) electrons. The number of nitrogens with one attached hydrogen (secondary N) is 2. The van der Waals surface area contributed by atoms with Crippen LogP contribution >= 0.6 is 23.2 Å². The number of aromatic hydroxyl groups is 2. The van der Waals surface area contributed by atoms with Crippen molar-refractivity contribution in [2.45, 2.75) is 52.2 Å². The van der Waals surface area contributed by atoms with Crippen molar-refractivity contribution in [1.29, 1.82) is 0 Å². The van der Waals surface area contributed by atoms with Crippen LogP contribution in [-0.4, -0.2) is 28.3 Å². The fourth-order valence-corrected chi connectivity index (χ4v) is 3.23. The molecule has 0 aliphatic carbocycles. The summed E-state index contributed by atoms with van der Waals surface area (Å²) in [7, 11) is 0. The fourth-order valence-electron chi connectivity index (χ4n) is 2.76. The minimum absolute atomic E-state index is 0.0855. The summed E-state index contributed by atoms with van der Waals surface area (Å²) in [4.78, 5) is 24.9. The normalized spacial score (nSPS) is 17.0. The van der Waals surface area contributed by atoms with Gasteiger partial charge in [0.25, 0.3) is 0 Å². The fraction of sp³-hybridized carbons (Fsp3) is 0.444. The largest absolute Gasteiger partial charge is 0.506 e. The number of urea groups is 1. The summed E-state index contributed by atoms with van der Waals surface area (Å²) in [5, 5.41) is 24.9. The molecule has 0 saturated heterocycles. The van der Waals surface area contributed by atoms with Crippen LogP contribution < -0.4 is 10.6 Å². The quantitative estimate of drug-likeness (QED) is 0.520. The van der Waals surface area contributed by atoms with Crippen LogP contribution in [0, 0.1) is 0 Å². The summed E-state index contributed by atoms with van der Waals surface area (Å²) in [6.07, 6.45) is 1.66. The number of phenolic OH excluding ortho intramolecular Hbond substituents is 2. The number of allylic oxidation sites excluding steroid dienone is 1. The molecular weight excluding hydrogens is 395 g/mol. The Kier molecular flexibility index (Phi) is 6.84. The van der Waals surface area contributed by atoms with E-state index in [2.05, 4.69) is 10.6 Å². The summed E-state index contributed by atoms with van der Waals surface area (Å²) in [5.41, 5.74) is 0.656. The summed E-state index contributed by atoms with van der Waals surface area (Å²) in [6, 6.07) is -0.312. The van der Waals surface area contributed by atoms with Gasteiger partial charge in [0.05, 0.1) is 22.7 Å². The van der Waals surface area contributed by atoms with E-state index in [-0.39, 0.29) is 27.3 Å². The number of halogens is 2. The highest BCUT2D eigenvalue weighted by Gasteiger charge is 2.36. The molecule has 1 heterocycles. The van der Waals surface area contributed by atoms with Gasteiger partial charge in [-0.3, -0.25) is 0 Å². The van der Waals surface area contributed by atoms with Crippen molar-refractivity contribution >= 4 is 35.2 Å². The molecule has 1 atom stereocenters. The maximum atomic E-state index is 12.8. The first-order valence-corrected chi connectivity index (χ1v) is 9.34. The number of ether oxygens (including phenoxy) is 1. The Balaban J connectivity index is 2.63. The van der Waals surface area contributed by atoms with Gasteiger partial charge in [0, 0.05) is 11.3 Å². The zero-order chi connectivity index (χ0) is 20.3. The number of phenols is 2. The van der Waals surface area contributed by atoms with Crippen molar-refractivity contribution in [2.75, 3.05) is 0 Å². The highest BCUT2D eigenvalue weighted by molar-refractivity contribution is 6.38. The van der Waals surface area contributed by atoms with Gasteiger partial charge in [-0.05, 0) is 32.8 Å². The van der Waals surface area contributed by atoms with Gasteiger partial charge >= 0.3 is 12.0 Å². The molecule has 4 N–H and O–H groups in total. The Morgan fingerprint density at radius 2 is 1.96 bits per heavy atom. The molecule has 2 rings (SSSR count). The molecular formula is C18H22Cl2N2O5. The van der Waals surface area contributed by atoms with Crippen LogP contribution in [-0.2, 0) is 9.53 Å². The van der Waals surface area contributed by atoms with Crippen LogP contribution in [0.3, 0.4) is 0 Å². The van der Waals surface area contributed by atoms with E-state index in [1.165, 1.54) is 6.07 Å². The average Bonchev–Trinajstić information content (AvgIpc) is 2.59. The van der Waals surface area contributed by atoms with Crippen molar-refractivity contribution in [3.05, 3.63) is 32.9 Å². The maximum Gasteiger partial charge on any atom is 0.338 e. The monoisotopic (exact) mass is 416 g/mol. The first kappa shape index (κ1) is 21.2. The van der Waals surface area contributed by atoms with E-state index in [9.17, 15) is 19.8 Å². The van der Waals surface area contributed by atoms with Gasteiger partial charge in [-0.1, -0.05) is 36.5 Å². The third-order valence-electron chi connectivity index (χ3n) is 4.01. The van der Waals surface area contributed by atoms with Crippen LogP contribution in [0.25, 0.3) is 0 Å². The molecule has 1 aromatic rings. The number of carbonyl (C=O) groups is 2. The Bertz CT molecular complexity index is 792. The molecule has 0 spiro atoms. The third-order valence-corrected chi connectivity index (χ3v) is 4.65. The number of esters is 1. The predicted octanol–water partition coefficient (Wildman–Crippen LogP) is 4.15. The topological polar surface area (TPSA) is 108 Å². The number of benzene rings is 1. The summed E-state index contributed by atoms with van der Waals surface area (Å²) < 4.78 is 5.33. The van der Waals surface area contributed by atoms with Crippen molar-refractivity contribution in [3.8, 4) is 11.5 Å². The van der Waals surface area contributed by atoms with E-state index in [1.54, 1.807) is 13.8 Å². The number of carbonyl (C=O) groups excluding carboxylic acids is 2. The van der Waals surface area contributed by atoms with Gasteiger partial charge in [0.1, 0.15) is 10.8 Å². The molecule has 1 aliphatic heterocycles. The van der Waals surface area contributed by atoms with E-state index in [0.717, 1.165) is 12.8 Å². The van der Waals surface area contributed by atoms with Gasteiger partial charge in [-0.15, -0.1) is 0 Å². The zero-order valence-electron chi connectivity index (χ0n) is 15.2. The number of hydrogen-bond donors (Lipinski definition) is 4. The third kappa shape index (κ3) is 4.59. The van der Waals surface area contributed by atoms with Crippen LogP contribution in [0.5, 0.6) is 11.5 Å². The van der Waals surface area contributed by atoms with Gasteiger partial charge in [0.15, 0.2) is 5.75 Å². The summed E-state index contributed by atoms with van der Waals surface area (Å²) in [6.45, 7) is 5.40. The number of amides is 2. The molecule has 7 nitrogen and oxygen atoms in total. The second kappa shape index (κ2) is 8.71. The van der Waals surface area contributed by atoms with Crippen LogP contribution in [0.1, 0.15) is 51.6 Å². The van der Waals surface area contributed by atoms with Gasteiger partial charge < -0.3 is 25.6 Å². The van der Waals surface area contributed by atoms with E-state index < -0.39 is 29.5 Å². The molecule has 0 bridgehead atoms. The summed E-state index contributed by atoms with van der Waals surface area (Å²) >= 11 is 11.9. The number of rotatable bonds is 6. The van der Waals surface area contributed by atoms with E-state index in [0.29, 0.717) is 12.1 Å². The first-order valence-electron chi connectivity index (χ1n) is 8.58. The van der Waals surface area contributed by atoms with Crippen LogP contribution in [0.15, 0.2) is 17.3 Å². The van der Waals surface area contributed by atoms with Gasteiger partial charge in [-0.2, -0.15) is 0 Å². The minimum Gasteiger partial charge on any atom is -0.506 e. The smallest absolute Gasteiger partial charge is 0.338 e. The van der Waals surface area contributed by atoms with Gasteiger partial charge in [0.2, 0.25) is 0 Å². The van der Waals surface area contributed by atoms with E-state index >= 15 is 0 Å². The first-order chi connectivity index (χ1) is 12.7. The number of hydrogen-bond acceptors (Lipinski definition) is 5. The van der Waals surface area contributed by atoms with E-state index in [1.807, 2.05) is 6.92 Å². The average molecular weight is 417 g/mol. The lowest BCUT2D eigenvalue weighted by Crippen LogP contribution is -2.46. The number of unbranched alkanes of at least 4 members (excludes halogenated alkanes) is 1. The molecule has 0 saturated carbocycles. The summed E-state index contributed by atoms with van der Waals surface area (Å²) in [5.74, 6) is -1.59.